The van der Waals surface area contributed by atoms with Crippen LogP contribution in [0, 0.1) is 5.82 Å². The summed E-state index contributed by atoms with van der Waals surface area (Å²) in [7, 11) is 3.38. The molecule has 5 nitrogen and oxygen atoms in total. The standard InChI is InChI=1S/C14H14FN3O2S/c1-18(2)17-13(20)11-6-7-21-14(11)16-12(19)9-4-3-5-10(15)8-9/h3-8H,1-2H3,(H,16,19)(H,17,20). The maximum atomic E-state index is 13.1. The van der Waals surface area contributed by atoms with Gasteiger partial charge in [-0.3, -0.25) is 15.0 Å². The van der Waals surface area contributed by atoms with Gasteiger partial charge in [-0.15, -0.1) is 11.3 Å². The summed E-state index contributed by atoms with van der Waals surface area (Å²) in [6, 6.07) is 6.98. The number of carbonyl (C=O) groups is 2. The van der Waals surface area contributed by atoms with Gasteiger partial charge in [0.05, 0.1) is 5.56 Å². The Balaban J connectivity index is 2.15. The van der Waals surface area contributed by atoms with Gasteiger partial charge in [-0.25, -0.2) is 9.40 Å². The van der Waals surface area contributed by atoms with Crippen molar-refractivity contribution in [2.24, 2.45) is 0 Å². The van der Waals surface area contributed by atoms with Crippen LogP contribution in [0.1, 0.15) is 20.7 Å². The van der Waals surface area contributed by atoms with Gasteiger partial charge in [-0.1, -0.05) is 6.07 Å². The molecule has 21 heavy (non-hydrogen) atoms. The van der Waals surface area contributed by atoms with Crippen molar-refractivity contribution in [3.8, 4) is 0 Å². The number of nitrogens with one attached hydrogen (secondary N) is 2. The first-order valence-electron chi connectivity index (χ1n) is 6.10. The topological polar surface area (TPSA) is 61.4 Å². The zero-order chi connectivity index (χ0) is 15.4. The number of hydrogen-bond donors (Lipinski definition) is 2. The van der Waals surface area contributed by atoms with Gasteiger partial charge in [-0.2, -0.15) is 0 Å². The van der Waals surface area contributed by atoms with E-state index < -0.39 is 11.7 Å². The summed E-state index contributed by atoms with van der Waals surface area (Å²) in [4.78, 5) is 24.0. The van der Waals surface area contributed by atoms with E-state index in [4.69, 9.17) is 0 Å². The number of amides is 2. The normalized spacial score (nSPS) is 10.5. The summed E-state index contributed by atoms with van der Waals surface area (Å²) >= 11 is 1.23. The quantitative estimate of drug-likeness (QED) is 0.852. The molecule has 0 saturated carbocycles. The fourth-order valence-electron chi connectivity index (χ4n) is 1.65. The van der Waals surface area contributed by atoms with Crippen molar-refractivity contribution in [3.05, 3.63) is 52.7 Å². The van der Waals surface area contributed by atoms with E-state index in [1.807, 2.05) is 0 Å². The van der Waals surface area contributed by atoms with E-state index in [1.165, 1.54) is 34.5 Å². The smallest absolute Gasteiger partial charge is 0.268 e. The molecule has 2 N–H and O–H groups in total. The van der Waals surface area contributed by atoms with Crippen LogP contribution in [0.15, 0.2) is 35.7 Å². The molecule has 0 bridgehead atoms. The predicted molar refractivity (Wildman–Crippen MR) is 79.8 cm³/mol. The lowest BCUT2D eigenvalue weighted by Crippen LogP contribution is -2.36. The van der Waals surface area contributed by atoms with Crippen LogP contribution in [-0.4, -0.2) is 30.9 Å². The number of halogens is 1. The Morgan fingerprint density at radius 1 is 1.19 bits per heavy atom. The number of anilines is 1. The van der Waals surface area contributed by atoms with Gasteiger partial charge in [0.15, 0.2) is 0 Å². The minimum Gasteiger partial charge on any atom is -0.313 e. The summed E-state index contributed by atoms with van der Waals surface area (Å²) in [5.41, 5.74) is 3.15. The van der Waals surface area contributed by atoms with Crippen LogP contribution in [-0.2, 0) is 0 Å². The molecule has 7 heteroatoms. The number of hydrazine groups is 1. The van der Waals surface area contributed by atoms with Crippen molar-refractivity contribution in [1.29, 1.82) is 0 Å². The largest absolute Gasteiger partial charge is 0.313 e. The van der Waals surface area contributed by atoms with E-state index in [1.54, 1.807) is 25.5 Å². The first-order chi connectivity index (χ1) is 9.97. The Morgan fingerprint density at radius 2 is 1.95 bits per heavy atom. The summed E-state index contributed by atoms with van der Waals surface area (Å²) < 4.78 is 13.1. The highest BCUT2D eigenvalue weighted by Gasteiger charge is 2.16. The average Bonchev–Trinajstić information content (AvgIpc) is 2.86. The minimum absolute atomic E-state index is 0.197. The molecular weight excluding hydrogens is 293 g/mol. The maximum Gasteiger partial charge on any atom is 0.268 e. The number of rotatable bonds is 4. The summed E-state index contributed by atoms with van der Waals surface area (Å²) in [6.45, 7) is 0. The van der Waals surface area contributed by atoms with E-state index in [-0.39, 0.29) is 11.5 Å². The Morgan fingerprint density at radius 3 is 2.62 bits per heavy atom. The highest BCUT2D eigenvalue weighted by Crippen LogP contribution is 2.24. The Kier molecular flexibility index (Phi) is 4.66. The van der Waals surface area contributed by atoms with E-state index in [9.17, 15) is 14.0 Å². The lowest BCUT2D eigenvalue weighted by Gasteiger charge is -2.12. The zero-order valence-electron chi connectivity index (χ0n) is 11.5. The number of carbonyl (C=O) groups excluding carboxylic acids is 2. The van der Waals surface area contributed by atoms with Gasteiger partial charge in [0.25, 0.3) is 11.8 Å². The molecule has 2 amide bonds. The molecule has 0 fully saturated rings. The molecule has 0 aliphatic carbocycles. The lowest BCUT2D eigenvalue weighted by atomic mass is 10.2. The average molecular weight is 307 g/mol. The van der Waals surface area contributed by atoms with Crippen molar-refractivity contribution in [1.82, 2.24) is 10.4 Å². The second-order valence-electron chi connectivity index (χ2n) is 4.46. The van der Waals surface area contributed by atoms with Crippen LogP contribution in [0.25, 0.3) is 0 Å². The fourth-order valence-corrected chi connectivity index (χ4v) is 2.43. The SMILES string of the molecule is CN(C)NC(=O)c1ccsc1NC(=O)c1cccc(F)c1. The lowest BCUT2D eigenvalue weighted by molar-refractivity contribution is 0.0858. The van der Waals surface area contributed by atoms with E-state index in [0.717, 1.165) is 6.07 Å². The van der Waals surface area contributed by atoms with Gasteiger partial charge in [-0.05, 0) is 29.6 Å². The van der Waals surface area contributed by atoms with Gasteiger partial charge in [0.1, 0.15) is 10.8 Å². The molecular formula is C14H14FN3O2S. The second kappa shape index (κ2) is 6.47. The highest BCUT2D eigenvalue weighted by atomic mass is 32.1. The third kappa shape index (κ3) is 3.87. The minimum atomic E-state index is -0.487. The predicted octanol–water partition coefficient (Wildman–Crippen LogP) is 2.35. The fraction of sp³-hybridized carbons (Fsp3) is 0.143. The second-order valence-corrected chi connectivity index (χ2v) is 5.38. The molecule has 2 aromatic rings. The van der Waals surface area contributed by atoms with Crippen molar-refractivity contribution in [3.63, 3.8) is 0 Å². The van der Waals surface area contributed by atoms with Gasteiger partial charge >= 0.3 is 0 Å². The maximum absolute atomic E-state index is 13.1. The summed E-state index contributed by atoms with van der Waals surface area (Å²) in [6.07, 6.45) is 0. The van der Waals surface area contributed by atoms with Gasteiger partial charge in [0, 0.05) is 19.7 Å². The van der Waals surface area contributed by atoms with Crippen LogP contribution in [0.5, 0.6) is 0 Å². The van der Waals surface area contributed by atoms with Crippen molar-refractivity contribution in [2.75, 3.05) is 19.4 Å². The molecule has 0 radical (unpaired) electrons. The van der Waals surface area contributed by atoms with Crippen molar-refractivity contribution in [2.45, 2.75) is 0 Å². The van der Waals surface area contributed by atoms with Crippen molar-refractivity contribution >= 4 is 28.2 Å². The number of benzene rings is 1. The third-order valence-corrected chi connectivity index (χ3v) is 3.38. The molecule has 0 saturated heterocycles. The third-order valence-electron chi connectivity index (χ3n) is 2.55. The van der Waals surface area contributed by atoms with Crippen LogP contribution < -0.4 is 10.7 Å². The van der Waals surface area contributed by atoms with Gasteiger partial charge < -0.3 is 5.32 Å². The molecule has 0 aliphatic heterocycles. The van der Waals surface area contributed by atoms with E-state index >= 15 is 0 Å². The van der Waals surface area contributed by atoms with E-state index in [2.05, 4.69) is 10.7 Å². The molecule has 0 atom stereocenters. The van der Waals surface area contributed by atoms with Crippen LogP contribution in [0.4, 0.5) is 9.39 Å². The Hall–Kier alpha value is -2.25. The number of thiophene rings is 1. The van der Waals surface area contributed by atoms with Crippen LogP contribution in [0.2, 0.25) is 0 Å². The molecule has 2 rings (SSSR count). The Bertz CT molecular complexity index is 670. The molecule has 0 spiro atoms. The van der Waals surface area contributed by atoms with Crippen molar-refractivity contribution < 1.29 is 14.0 Å². The molecule has 1 heterocycles. The van der Waals surface area contributed by atoms with Crippen LogP contribution >= 0.6 is 11.3 Å². The summed E-state index contributed by atoms with van der Waals surface area (Å²) in [5.74, 6) is -1.27. The summed E-state index contributed by atoms with van der Waals surface area (Å²) in [5, 5.41) is 6.25. The molecule has 0 aliphatic rings. The number of nitrogens with zero attached hydrogens (tertiary/aromatic N) is 1. The first kappa shape index (κ1) is 15.1. The molecule has 110 valence electrons. The molecule has 1 aromatic heterocycles. The number of hydrogen-bond acceptors (Lipinski definition) is 4. The molecule has 1 aromatic carbocycles. The first-order valence-corrected chi connectivity index (χ1v) is 6.98. The van der Waals surface area contributed by atoms with E-state index in [0.29, 0.717) is 10.6 Å². The monoisotopic (exact) mass is 307 g/mol. The highest BCUT2D eigenvalue weighted by molar-refractivity contribution is 7.14. The molecule has 0 unspecified atom stereocenters. The van der Waals surface area contributed by atoms with Gasteiger partial charge in [0.2, 0.25) is 0 Å². The Labute approximate surface area is 125 Å². The van der Waals surface area contributed by atoms with Crippen LogP contribution in [0.3, 0.4) is 0 Å². The zero-order valence-corrected chi connectivity index (χ0v) is 12.3.